The van der Waals surface area contributed by atoms with Crippen LogP contribution in [-0.4, -0.2) is 5.78 Å². The standard InChI is InChI=1S/C20H15N2O/c21-14-16-6-8-17(9-7-16)18-10-12-22(13-11-18)15-20(23)19-4-2-1-3-5-19/h1-13H,15H2/q+1. The van der Waals surface area contributed by atoms with Crippen LogP contribution in [-0.2, 0) is 6.54 Å². The van der Waals surface area contributed by atoms with Gasteiger partial charge in [-0.25, -0.2) is 0 Å². The zero-order valence-corrected chi connectivity index (χ0v) is 12.5. The topological polar surface area (TPSA) is 44.7 Å². The Kier molecular flexibility index (Phi) is 4.26. The van der Waals surface area contributed by atoms with Gasteiger partial charge in [0.15, 0.2) is 12.4 Å². The van der Waals surface area contributed by atoms with Crippen molar-refractivity contribution in [2.45, 2.75) is 6.54 Å². The Morgan fingerprint density at radius 2 is 1.48 bits per heavy atom. The molecule has 2 aromatic carbocycles. The lowest BCUT2D eigenvalue weighted by molar-refractivity contribution is -0.683. The molecule has 0 saturated carbocycles. The van der Waals surface area contributed by atoms with Crippen molar-refractivity contribution in [2.75, 3.05) is 0 Å². The second-order valence-electron chi connectivity index (χ2n) is 5.24. The predicted octanol–water partition coefficient (Wildman–Crippen LogP) is 3.40. The van der Waals surface area contributed by atoms with Crippen LogP contribution in [0.2, 0.25) is 0 Å². The number of pyridine rings is 1. The first kappa shape index (κ1) is 14.7. The summed E-state index contributed by atoms with van der Waals surface area (Å²) < 4.78 is 1.86. The van der Waals surface area contributed by atoms with Crippen LogP contribution < -0.4 is 4.57 Å². The monoisotopic (exact) mass is 299 g/mol. The summed E-state index contributed by atoms with van der Waals surface area (Å²) in [4.78, 5) is 12.2. The van der Waals surface area contributed by atoms with Crippen LogP contribution >= 0.6 is 0 Å². The number of ketones is 1. The molecule has 0 aliphatic carbocycles. The van der Waals surface area contributed by atoms with E-state index in [9.17, 15) is 4.79 Å². The summed E-state index contributed by atoms with van der Waals surface area (Å²) >= 11 is 0. The highest BCUT2D eigenvalue weighted by atomic mass is 16.1. The van der Waals surface area contributed by atoms with Crippen LogP contribution in [0.25, 0.3) is 11.1 Å². The number of nitriles is 1. The molecule has 0 radical (unpaired) electrons. The highest BCUT2D eigenvalue weighted by Crippen LogP contribution is 2.18. The molecule has 0 N–H and O–H groups in total. The molecule has 3 nitrogen and oxygen atoms in total. The Morgan fingerprint density at radius 3 is 2.09 bits per heavy atom. The number of hydrogen-bond donors (Lipinski definition) is 0. The summed E-state index contributed by atoms with van der Waals surface area (Å²) in [6, 6.07) is 22.8. The Balaban J connectivity index is 1.74. The van der Waals surface area contributed by atoms with E-state index in [0.717, 1.165) is 16.7 Å². The molecule has 23 heavy (non-hydrogen) atoms. The number of carbonyl (C=O) groups excluding carboxylic acids is 1. The van der Waals surface area contributed by atoms with Gasteiger partial charge in [0.2, 0.25) is 12.3 Å². The van der Waals surface area contributed by atoms with Crippen molar-refractivity contribution in [2.24, 2.45) is 0 Å². The zero-order chi connectivity index (χ0) is 16.1. The fraction of sp³-hybridized carbons (Fsp3) is 0.0500. The van der Waals surface area contributed by atoms with Gasteiger partial charge < -0.3 is 0 Å². The van der Waals surface area contributed by atoms with Crippen molar-refractivity contribution in [3.63, 3.8) is 0 Å². The third kappa shape index (κ3) is 3.50. The molecule has 1 heterocycles. The largest absolute Gasteiger partial charge is 0.287 e. The molecule has 3 heteroatoms. The Hall–Kier alpha value is -3.25. The first-order chi connectivity index (χ1) is 11.3. The molecule has 0 fully saturated rings. The lowest BCUT2D eigenvalue weighted by atomic mass is 10.1. The van der Waals surface area contributed by atoms with Gasteiger partial charge in [-0.2, -0.15) is 9.83 Å². The van der Waals surface area contributed by atoms with Gasteiger partial charge in [0.25, 0.3) is 0 Å². The molecule has 0 atom stereocenters. The van der Waals surface area contributed by atoms with E-state index in [-0.39, 0.29) is 5.78 Å². The molecule has 0 aliphatic heterocycles. The van der Waals surface area contributed by atoms with Crippen molar-refractivity contribution in [1.29, 1.82) is 5.26 Å². The molecule has 0 bridgehead atoms. The third-order valence-corrected chi connectivity index (χ3v) is 3.66. The zero-order valence-electron chi connectivity index (χ0n) is 12.5. The van der Waals surface area contributed by atoms with Crippen LogP contribution in [0.15, 0.2) is 79.1 Å². The smallest absolute Gasteiger partial charge is 0.227 e. The Morgan fingerprint density at radius 1 is 0.870 bits per heavy atom. The number of nitrogens with zero attached hydrogens (tertiary/aromatic N) is 2. The maximum atomic E-state index is 12.2. The van der Waals surface area contributed by atoms with Crippen molar-refractivity contribution in [1.82, 2.24) is 0 Å². The first-order valence-corrected chi connectivity index (χ1v) is 7.34. The number of hydrogen-bond acceptors (Lipinski definition) is 2. The van der Waals surface area contributed by atoms with Crippen molar-refractivity contribution in [3.05, 3.63) is 90.3 Å². The molecule has 0 saturated heterocycles. The molecule has 110 valence electrons. The molecule has 1 aromatic heterocycles. The van der Waals surface area contributed by atoms with Gasteiger partial charge in [0.1, 0.15) is 0 Å². The minimum absolute atomic E-state index is 0.0849. The van der Waals surface area contributed by atoms with Gasteiger partial charge in [-0.3, -0.25) is 4.79 Å². The van der Waals surface area contributed by atoms with E-state index in [1.165, 1.54) is 0 Å². The number of benzene rings is 2. The molecular formula is C20H15N2O+. The van der Waals surface area contributed by atoms with Crippen LogP contribution in [0.4, 0.5) is 0 Å². The van der Waals surface area contributed by atoms with Crippen molar-refractivity contribution in [3.8, 4) is 17.2 Å². The van der Waals surface area contributed by atoms with Gasteiger partial charge in [-0.1, -0.05) is 42.5 Å². The fourth-order valence-corrected chi connectivity index (χ4v) is 2.37. The van der Waals surface area contributed by atoms with E-state index in [2.05, 4.69) is 6.07 Å². The lowest BCUT2D eigenvalue weighted by Crippen LogP contribution is -2.37. The maximum absolute atomic E-state index is 12.2. The highest BCUT2D eigenvalue weighted by Gasteiger charge is 2.11. The first-order valence-electron chi connectivity index (χ1n) is 7.34. The van der Waals surface area contributed by atoms with E-state index >= 15 is 0 Å². The van der Waals surface area contributed by atoms with Gasteiger partial charge in [-0.05, 0) is 23.3 Å². The predicted molar refractivity (Wildman–Crippen MR) is 87.6 cm³/mol. The lowest BCUT2D eigenvalue weighted by Gasteiger charge is -2.02. The third-order valence-electron chi connectivity index (χ3n) is 3.66. The summed E-state index contributed by atoms with van der Waals surface area (Å²) in [7, 11) is 0. The van der Waals surface area contributed by atoms with E-state index in [1.54, 1.807) is 12.1 Å². The molecule has 3 aromatic rings. The minimum atomic E-state index is 0.0849. The molecule has 0 unspecified atom stereocenters. The van der Waals surface area contributed by atoms with Gasteiger partial charge in [0, 0.05) is 17.7 Å². The average molecular weight is 299 g/mol. The average Bonchev–Trinajstić information content (AvgIpc) is 2.63. The van der Waals surface area contributed by atoms with E-state index < -0.39 is 0 Å². The summed E-state index contributed by atoms with van der Waals surface area (Å²) in [6.07, 6.45) is 3.79. The molecule has 0 amide bonds. The Bertz CT molecular complexity index is 845. The van der Waals surface area contributed by atoms with E-state index in [4.69, 9.17) is 5.26 Å². The maximum Gasteiger partial charge on any atom is 0.227 e. The van der Waals surface area contributed by atoms with Gasteiger partial charge >= 0.3 is 0 Å². The van der Waals surface area contributed by atoms with Crippen molar-refractivity contribution >= 4 is 5.78 Å². The van der Waals surface area contributed by atoms with E-state index in [0.29, 0.717) is 12.1 Å². The fourth-order valence-electron chi connectivity index (χ4n) is 2.37. The van der Waals surface area contributed by atoms with Crippen LogP contribution in [0.5, 0.6) is 0 Å². The van der Waals surface area contributed by atoms with Crippen LogP contribution in [0, 0.1) is 11.3 Å². The van der Waals surface area contributed by atoms with E-state index in [1.807, 2.05) is 71.6 Å². The second kappa shape index (κ2) is 6.67. The summed E-state index contributed by atoms with van der Waals surface area (Å²) in [6.45, 7) is 0.317. The molecule has 0 aliphatic rings. The quantitative estimate of drug-likeness (QED) is 0.547. The molecule has 3 rings (SSSR count). The highest BCUT2D eigenvalue weighted by molar-refractivity contribution is 5.94. The number of rotatable bonds is 4. The SMILES string of the molecule is N#Cc1ccc(-c2cc[n+](CC(=O)c3ccccc3)cc2)cc1. The summed E-state index contributed by atoms with van der Waals surface area (Å²) in [5, 5.41) is 8.83. The van der Waals surface area contributed by atoms with Crippen LogP contribution in [0.1, 0.15) is 15.9 Å². The Labute approximate surface area is 135 Å². The van der Waals surface area contributed by atoms with Crippen LogP contribution in [0.3, 0.4) is 0 Å². The minimum Gasteiger partial charge on any atom is -0.287 e. The number of Topliss-reactive ketones (excluding diaryl/α,β-unsaturated/α-hetero) is 1. The summed E-state index contributed by atoms with van der Waals surface area (Å²) in [5.74, 6) is 0.0849. The van der Waals surface area contributed by atoms with Crippen molar-refractivity contribution < 1.29 is 9.36 Å². The normalized spacial score (nSPS) is 10.0. The van der Waals surface area contributed by atoms with Gasteiger partial charge in [-0.15, -0.1) is 0 Å². The molecular weight excluding hydrogens is 284 g/mol. The molecule has 0 spiro atoms. The second-order valence-corrected chi connectivity index (χ2v) is 5.24. The van der Waals surface area contributed by atoms with Gasteiger partial charge in [0.05, 0.1) is 11.6 Å². The summed E-state index contributed by atoms with van der Waals surface area (Å²) in [5.41, 5.74) is 3.47. The number of carbonyl (C=O) groups is 1. The number of aromatic nitrogens is 1.